The van der Waals surface area contributed by atoms with Gasteiger partial charge in [-0.15, -0.1) is 0 Å². The number of methoxy groups -OCH3 is 2. The molecule has 8 heteroatoms. The van der Waals surface area contributed by atoms with Crippen LogP contribution in [0.15, 0.2) is 4.42 Å². The third-order valence-corrected chi connectivity index (χ3v) is 2.63. The molecule has 21 heavy (non-hydrogen) atoms. The van der Waals surface area contributed by atoms with Gasteiger partial charge in [-0.05, 0) is 13.3 Å². The molecular weight excluding hydrogens is 280 g/mol. The molecule has 1 rings (SSSR count). The Morgan fingerprint density at radius 2 is 1.67 bits per heavy atom. The van der Waals surface area contributed by atoms with Gasteiger partial charge < -0.3 is 19.2 Å². The average Bonchev–Trinajstić information content (AvgIpc) is 2.79. The van der Waals surface area contributed by atoms with Crippen molar-refractivity contribution in [2.75, 3.05) is 26.1 Å². The topological polar surface area (TPSA) is 107 Å². The predicted molar refractivity (Wildman–Crippen MR) is 73.4 cm³/mol. The normalized spacial score (nSPS) is 9.90. The van der Waals surface area contributed by atoms with Gasteiger partial charge in [-0.3, -0.25) is 5.32 Å². The number of amides is 2. The Hall–Kier alpha value is -2.51. The van der Waals surface area contributed by atoms with Crippen molar-refractivity contribution in [1.82, 2.24) is 5.32 Å². The molecule has 0 radical (unpaired) electrons. The minimum Gasteiger partial charge on any atom is -0.465 e. The lowest BCUT2D eigenvalue weighted by atomic mass is 10.1. The molecule has 1 aromatic heterocycles. The predicted octanol–water partition coefficient (Wildman–Crippen LogP) is 1.69. The van der Waals surface area contributed by atoms with Crippen molar-refractivity contribution in [1.29, 1.82) is 0 Å². The van der Waals surface area contributed by atoms with E-state index in [1.54, 1.807) is 0 Å². The fourth-order valence-corrected chi connectivity index (χ4v) is 1.66. The van der Waals surface area contributed by atoms with Gasteiger partial charge in [0.15, 0.2) is 0 Å². The van der Waals surface area contributed by atoms with Crippen LogP contribution in [0, 0.1) is 6.92 Å². The Kier molecular flexibility index (Phi) is 5.77. The SMILES string of the molecule is CCCNC(=O)Nc1oc(C)c(C(=O)OC)c1C(=O)OC. The second-order valence-corrected chi connectivity index (χ2v) is 4.10. The number of furan rings is 1. The van der Waals surface area contributed by atoms with Crippen molar-refractivity contribution < 1.29 is 28.3 Å². The van der Waals surface area contributed by atoms with Crippen LogP contribution in [-0.4, -0.2) is 38.7 Å². The molecule has 8 nitrogen and oxygen atoms in total. The lowest BCUT2D eigenvalue weighted by Crippen LogP contribution is -2.29. The Morgan fingerprint density at radius 3 is 2.19 bits per heavy atom. The number of nitrogens with one attached hydrogen (secondary N) is 2. The molecule has 116 valence electrons. The number of aryl methyl sites for hydroxylation is 1. The first kappa shape index (κ1) is 16.5. The molecule has 0 unspecified atom stereocenters. The molecule has 0 fully saturated rings. The van der Waals surface area contributed by atoms with Gasteiger partial charge in [-0.25, -0.2) is 14.4 Å². The van der Waals surface area contributed by atoms with Crippen LogP contribution in [0.5, 0.6) is 0 Å². The van der Waals surface area contributed by atoms with Crippen LogP contribution < -0.4 is 10.6 Å². The Morgan fingerprint density at radius 1 is 1.10 bits per heavy atom. The first-order valence-corrected chi connectivity index (χ1v) is 6.31. The molecule has 1 heterocycles. The molecular formula is C13H18N2O6. The number of hydrogen-bond acceptors (Lipinski definition) is 6. The van der Waals surface area contributed by atoms with Gasteiger partial charge in [-0.1, -0.05) is 6.92 Å². The van der Waals surface area contributed by atoms with E-state index < -0.39 is 18.0 Å². The van der Waals surface area contributed by atoms with Gasteiger partial charge in [0.2, 0.25) is 5.88 Å². The van der Waals surface area contributed by atoms with Crippen LogP contribution >= 0.6 is 0 Å². The molecule has 0 aliphatic heterocycles. The third-order valence-electron chi connectivity index (χ3n) is 2.63. The summed E-state index contributed by atoms with van der Waals surface area (Å²) in [5, 5.41) is 4.93. The number of rotatable bonds is 5. The van der Waals surface area contributed by atoms with Gasteiger partial charge in [0, 0.05) is 6.54 Å². The third kappa shape index (κ3) is 3.74. The van der Waals surface area contributed by atoms with E-state index in [0.717, 1.165) is 13.5 Å². The molecule has 0 spiro atoms. The summed E-state index contributed by atoms with van der Waals surface area (Å²) in [5.41, 5.74) is -0.247. The summed E-state index contributed by atoms with van der Waals surface area (Å²) < 4.78 is 14.5. The van der Waals surface area contributed by atoms with Gasteiger partial charge in [0.05, 0.1) is 14.2 Å². The van der Waals surface area contributed by atoms with Crippen LogP contribution in [0.2, 0.25) is 0 Å². The number of urea groups is 1. The van der Waals surface area contributed by atoms with Crippen molar-refractivity contribution >= 4 is 23.9 Å². The summed E-state index contributed by atoms with van der Waals surface area (Å²) in [6, 6.07) is -0.549. The van der Waals surface area contributed by atoms with Crippen LogP contribution in [0.25, 0.3) is 0 Å². The van der Waals surface area contributed by atoms with Crippen LogP contribution in [-0.2, 0) is 9.47 Å². The monoisotopic (exact) mass is 298 g/mol. The first-order chi connectivity index (χ1) is 9.96. The second kappa shape index (κ2) is 7.32. The smallest absolute Gasteiger partial charge is 0.344 e. The van der Waals surface area contributed by atoms with Gasteiger partial charge in [0.25, 0.3) is 0 Å². The van der Waals surface area contributed by atoms with E-state index in [-0.39, 0.29) is 22.8 Å². The van der Waals surface area contributed by atoms with E-state index in [1.165, 1.54) is 14.0 Å². The van der Waals surface area contributed by atoms with Crippen molar-refractivity contribution in [3.63, 3.8) is 0 Å². The van der Waals surface area contributed by atoms with Crippen molar-refractivity contribution in [3.05, 3.63) is 16.9 Å². The number of carbonyl (C=O) groups excluding carboxylic acids is 3. The number of hydrogen-bond donors (Lipinski definition) is 2. The van der Waals surface area contributed by atoms with E-state index >= 15 is 0 Å². The summed E-state index contributed by atoms with van der Waals surface area (Å²) >= 11 is 0. The largest absolute Gasteiger partial charge is 0.465 e. The van der Waals surface area contributed by atoms with Gasteiger partial charge in [-0.2, -0.15) is 0 Å². The van der Waals surface area contributed by atoms with E-state index in [1.807, 2.05) is 6.92 Å². The number of carbonyl (C=O) groups is 3. The number of ether oxygens (including phenoxy) is 2. The highest BCUT2D eigenvalue weighted by Crippen LogP contribution is 2.28. The van der Waals surface area contributed by atoms with Gasteiger partial charge >= 0.3 is 18.0 Å². The summed E-state index contributed by atoms with van der Waals surface area (Å²) in [7, 11) is 2.34. The maximum absolute atomic E-state index is 11.8. The standard InChI is InChI=1S/C13H18N2O6/c1-5-6-14-13(18)15-10-9(12(17)20-4)8(7(2)21-10)11(16)19-3/h5-6H2,1-4H3,(H2,14,15,18). The molecule has 0 saturated heterocycles. The number of anilines is 1. The van der Waals surface area contributed by atoms with E-state index in [4.69, 9.17) is 4.42 Å². The molecule has 2 N–H and O–H groups in total. The lowest BCUT2D eigenvalue weighted by molar-refractivity contribution is 0.0556. The highest BCUT2D eigenvalue weighted by molar-refractivity contribution is 6.09. The summed E-state index contributed by atoms with van der Waals surface area (Å²) in [5.74, 6) is -1.57. The quantitative estimate of drug-likeness (QED) is 0.801. The zero-order chi connectivity index (χ0) is 16.0. The molecule has 1 aromatic rings. The molecule has 0 atom stereocenters. The minimum atomic E-state index is -0.807. The van der Waals surface area contributed by atoms with Crippen LogP contribution in [0.3, 0.4) is 0 Å². The fraction of sp³-hybridized carbons (Fsp3) is 0.462. The first-order valence-electron chi connectivity index (χ1n) is 6.31. The maximum Gasteiger partial charge on any atom is 0.344 e. The van der Waals surface area contributed by atoms with Crippen LogP contribution in [0.4, 0.5) is 10.7 Å². The molecule has 0 aromatic carbocycles. The Bertz CT molecular complexity index is 549. The van der Waals surface area contributed by atoms with Gasteiger partial charge in [0.1, 0.15) is 16.9 Å². The molecule has 0 aliphatic carbocycles. The zero-order valence-electron chi connectivity index (χ0n) is 12.4. The van der Waals surface area contributed by atoms with Crippen LogP contribution in [0.1, 0.15) is 39.8 Å². The Balaban J connectivity index is 3.17. The Labute approximate surface area is 121 Å². The van der Waals surface area contributed by atoms with Crippen molar-refractivity contribution in [2.24, 2.45) is 0 Å². The average molecular weight is 298 g/mol. The maximum atomic E-state index is 11.8. The summed E-state index contributed by atoms with van der Waals surface area (Å²) in [6.45, 7) is 3.84. The van der Waals surface area contributed by atoms with Crippen molar-refractivity contribution in [2.45, 2.75) is 20.3 Å². The highest BCUT2D eigenvalue weighted by Gasteiger charge is 2.30. The fourth-order valence-electron chi connectivity index (χ4n) is 1.66. The second-order valence-electron chi connectivity index (χ2n) is 4.10. The zero-order valence-corrected chi connectivity index (χ0v) is 12.4. The van der Waals surface area contributed by atoms with E-state index in [9.17, 15) is 14.4 Å². The molecule has 0 bridgehead atoms. The molecule has 0 aliphatic rings. The highest BCUT2D eigenvalue weighted by atomic mass is 16.5. The molecule has 0 saturated carbocycles. The van der Waals surface area contributed by atoms with E-state index in [0.29, 0.717) is 6.54 Å². The summed E-state index contributed by atoms with van der Waals surface area (Å²) in [4.78, 5) is 35.2. The van der Waals surface area contributed by atoms with E-state index in [2.05, 4.69) is 20.1 Å². The van der Waals surface area contributed by atoms with Crippen molar-refractivity contribution in [3.8, 4) is 0 Å². The minimum absolute atomic E-state index is 0.0739. The lowest BCUT2D eigenvalue weighted by Gasteiger charge is -2.06. The molecule has 2 amide bonds. The summed E-state index contributed by atoms with van der Waals surface area (Å²) in [6.07, 6.45) is 0.752. The number of esters is 2.